The molecular formula is C19H19FN4O4. The van der Waals surface area contributed by atoms with Gasteiger partial charge in [0.25, 0.3) is 0 Å². The standard InChI is InChI=1S/C19H19FN4O4/c1-19(18(27)28-3)14-13(16(25)23(2)17(14)26)15(22-19)10-8-21-24(9-10)12-7-5-4-6-11(12)20/h4-9,13-15,22H,1-3H3/t13-,14-,15-,19-/m1/s1. The number of benzene rings is 1. The molecule has 2 saturated heterocycles. The van der Waals surface area contributed by atoms with Crippen LogP contribution >= 0.6 is 0 Å². The van der Waals surface area contributed by atoms with E-state index >= 15 is 0 Å². The van der Waals surface area contributed by atoms with Crippen molar-refractivity contribution in [3.05, 3.63) is 48.0 Å². The summed E-state index contributed by atoms with van der Waals surface area (Å²) in [6.45, 7) is 1.56. The van der Waals surface area contributed by atoms with Crippen molar-refractivity contribution in [1.82, 2.24) is 20.0 Å². The van der Waals surface area contributed by atoms with Crippen molar-refractivity contribution in [3.8, 4) is 5.69 Å². The van der Waals surface area contributed by atoms with E-state index < -0.39 is 41.1 Å². The number of amides is 2. The Morgan fingerprint density at radius 2 is 2.00 bits per heavy atom. The molecule has 9 heteroatoms. The summed E-state index contributed by atoms with van der Waals surface area (Å²) in [5, 5.41) is 7.30. The third-order valence-corrected chi connectivity index (χ3v) is 5.68. The van der Waals surface area contributed by atoms with Crippen LogP contribution in [0.25, 0.3) is 5.69 Å². The lowest BCUT2D eigenvalue weighted by atomic mass is 9.80. The van der Waals surface area contributed by atoms with E-state index in [1.54, 1.807) is 31.3 Å². The summed E-state index contributed by atoms with van der Waals surface area (Å²) < 4.78 is 20.3. The van der Waals surface area contributed by atoms with Crippen LogP contribution < -0.4 is 5.32 Å². The third-order valence-electron chi connectivity index (χ3n) is 5.68. The van der Waals surface area contributed by atoms with Gasteiger partial charge in [-0.25, -0.2) is 9.07 Å². The van der Waals surface area contributed by atoms with E-state index in [0.717, 1.165) is 4.90 Å². The average Bonchev–Trinajstić information content (AvgIpc) is 3.34. The molecular weight excluding hydrogens is 367 g/mol. The first-order valence-electron chi connectivity index (χ1n) is 8.76. The lowest BCUT2D eigenvalue weighted by molar-refractivity contribution is -0.152. The van der Waals surface area contributed by atoms with E-state index in [1.807, 2.05) is 0 Å². The molecule has 3 heterocycles. The monoisotopic (exact) mass is 386 g/mol. The highest BCUT2D eigenvalue weighted by molar-refractivity contribution is 6.09. The molecule has 2 amide bonds. The van der Waals surface area contributed by atoms with Crippen LogP contribution in [0.4, 0.5) is 4.39 Å². The van der Waals surface area contributed by atoms with E-state index in [2.05, 4.69) is 10.4 Å². The van der Waals surface area contributed by atoms with Crippen LogP contribution in [-0.4, -0.2) is 52.2 Å². The van der Waals surface area contributed by atoms with Crippen LogP contribution in [0.2, 0.25) is 0 Å². The van der Waals surface area contributed by atoms with Gasteiger partial charge in [-0.05, 0) is 19.1 Å². The van der Waals surface area contributed by atoms with E-state index in [1.165, 1.54) is 31.1 Å². The fourth-order valence-electron chi connectivity index (χ4n) is 4.24. The maximum absolute atomic E-state index is 14.1. The lowest BCUT2D eigenvalue weighted by Crippen LogP contribution is -2.53. The number of fused-ring (bicyclic) bond motifs is 1. The molecule has 2 aliphatic rings. The zero-order chi connectivity index (χ0) is 20.2. The summed E-state index contributed by atoms with van der Waals surface area (Å²) in [6, 6.07) is 5.52. The maximum Gasteiger partial charge on any atom is 0.326 e. The van der Waals surface area contributed by atoms with Crippen molar-refractivity contribution < 1.29 is 23.5 Å². The first-order valence-corrected chi connectivity index (χ1v) is 8.76. The number of nitrogens with zero attached hydrogens (tertiary/aromatic N) is 3. The van der Waals surface area contributed by atoms with E-state index in [0.29, 0.717) is 5.56 Å². The number of halogens is 1. The van der Waals surface area contributed by atoms with Gasteiger partial charge in [0, 0.05) is 24.8 Å². The first kappa shape index (κ1) is 18.3. The van der Waals surface area contributed by atoms with Crippen molar-refractivity contribution in [2.75, 3.05) is 14.2 Å². The van der Waals surface area contributed by atoms with Crippen molar-refractivity contribution in [3.63, 3.8) is 0 Å². The molecule has 8 nitrogen and oxygen atoms in total. The quantitative estimate of drug-likeness (QED) is 0.620. The molecule has 2 fully saturated rings. The highest BCUT2D eigenvalue weighted by Gasteiger charge is 2.66. The Morgan fingerprint density at radius 3 is 2.68 bits per heavy atom. The summed E-state index contributed by atoms with van der Waals surface area (Å²) in [5.41, 5.74) is -0.533. The predicted molar refractivity (Wildman–Crippen MR) is 94.6 cm³/mol. The van der Waals surface area contributed by atoms with Gasteiger partial charge in [-0.3, -0.25) is 24.6 Å². The Labute approximate surface area is 160 Å². The third kappa shape index (κ3) is 2.39. The van der Waals surface area contributed by atoms with Gasteiger partial charge >= 0.3 is 5.97 Å². The summed E-state index contributed by atoms with van der Waals surface area (Å²) in [6.07, 6.45) is 3.09. The molecule has 1 aromatic carbocycles. The smallest absolute Gasteiger partial charge is 0.326 e. The second-order valence-electron chi connectivity index (χ2n) is 7.22. The zero-order valence-corrected chi connectivity index (χ0v) is 15.5. The molecule has 1 N–H and O–H groups in total. The number of rotatable bonds is 3. The van der Waals surface area contributed by atoms with Gasteiger partial charge in [0.05, 0.1) is 25.1 Å². The topological polar surface area (TPSA) is 93.5 Å². The Morgan fingerprint density at radius 1 is 1.29 bits per heavy atom. The largest absolute Gasteiger partial charge is 0.468 e. The summed E-state index contributed by atoms with van der Waals surface area (Å²) in [7, 11) is 2.64. The molecule has 4 atom stereocenters. The molecule has 0 bridgehead atoms. The number of carbonyl (C=O) groups is 3. The van der Waals surface area contributed by atoms with Gasteiger partial charge in [0.2, 0.25) is 11.8 Å². The number of para-hydroxylation sites is 1. The second-order valence-corrected chi connectivity index (χ2v) is 7.22. The Kier molecular flexibility index (Phi) is 4.07. The van der Waals surface area contributed by atoms with E-state index in [4.69, 9.17) is 4.74 Å². The summed E-state index contributed by atoms with van der Waals surface area (Å²) in [5.74, 6) is -3.54. The molecule has 2 aliphatic heterocycles. The van der Waals surface area contributed by atoms with Crippen LogP contribution in [0.3, 0.4) is 0 Å². The molecule has 28 heavy (non-hydrogen) atoms. The molecule has 0 radical (unpaired) electrons. The van der Waals surface area contributed by atoms with Crippen LogP contribution in [0.1, 0.15) is 18.5 Å². The number of nitrogens with one attached hydrogen (secondary N) is 1. The SMILES string of the molecule is COC(=O)[C@]1(C)N[C@H](c2cnn(-c3ccccc3F)c2)[C@@H]2C(=O)N(C)C(=O)[C@@H]21. The molecule has 146 valence electrons. The summed E-state index contributed by atoms with van der Waals surface area (Å²) in [4.78, 5) is 38.9. The van der Waals surface area contributed by atoms with Crippen molar-refractivity contribution >= 4 is 17.8 Å². The number of hydrogen-bond acceptors (Lipinski definition) is 6. The molecule has 0 unspecified atom stereocenters. The normalized spacial score (nSPS) is 29.3. The Balaban J connectivity index is 1.76. The number of methoxy groups -OCH3 is 1. The zero-order valence-electron chi connectivity index (χ0n) is 15.5. The second kappa shape index (κ2) is 6.23. The van der Waals surface area contributed by atoms with Crippen LogP contribution in [0.5, 0.6) is 0 Å². The number of likely N-dealkylation sites (tertiary alicyclic amines) is 1. The highest BCUT2D eigenvalue weighted by Crippen LogP contribution is 2.48. The van der Waals surface area contributed by atoms with E-state index in [-0.39, 0.29) is 11.6 Å². The molecule has 0 aliphatic carbocycles. The first-order chi connectivity index (χ1) is 13.3. The molecule has 2 aromatic rings. The number of ether oxygens (including phenoxy) is 1. The lowest BCUT2D eigenvalue weighted by Gasteiger charge is -2.27. The number of aromatic nitrogens is 2. The van der Waals surface area contributed by atoms with Gasteiger partial charge in [-0.1, -0.05) is 12.1 Å². The van der Waals surface area contributed by atoms with E-state index in [9.17, 15) is 18.8 Å². The van der Waals surface area contributed by atoms with Gasteiger partial charge in [-0.2, -0.15) is 5.10 Å². The van der Waals surface area contributed by atoms with Gasteiger partial charge < -0.3 is 4.74 Å². The molecule has 1 aromatic heterocycles. The minimum absolute atomic E-state index is 0.255. The van der Waals surface area contributed by atoms with Crippen molar-refractivity contribution in [2.45, 2.75) is 18.5 Å². The van der Waals surface area contributed by atoms with Crippen molar-refractivity contribution in [2.24, 2.45) is 11.8 Å². The van der Waals surface area contributed by atoms with Crippen LogP contribution in [-0.2, 0) is 19.1 Å². The number of carbonyl (C=O) groups excluding carboxylic acids is 3. The van der Waals surface area contributed by atoms with Crippen LogP contribution in [0, 0.1) is 17.7 Å². The number of hydrogen-bond donors (Lipinski definition) is 1. The summed E-state index contributed by atoms with van der Waals surface area (Å²) >= 11 is 0. The fourth-order valence-corrected chi connectivity index (χ4v) is 4.24. The number of imide groups is 1. The van der Waals surface area contributed by atoms with Gasteiger partial charge in [-0.15, -0.1) is 0 Å². The van der Waals surface area contributed by atoms with Gasteiger partial charge in [0.15, 0.2) is 0 Å². The Bertz CT molecular complexity index is 990. The predicted octanol–water partition coefficient (Wildman–Crippen LogP) is 0.818. The minimum atomic E-state index is -1.36. The Hall–Kier alpha value is -3.07. The number of esters is 1. The van der Waals surface area contributed by atoms with Gasteiger partial charge in [0.1, 0.15) is 17.0 Å². The molecule has 0 spiro atoms. The maximum atomic E-state index is 14.1. The molecule has 0 saturated carbocycles. The van der Waals surface area contributed by atoms with Crippen LogP contribution in [0.15, 0.2) is 36.7 Å². The molecule has 4 rings (SSSR count). The minimum Gasteiger partial charge on any atom is -0.468 e. The average molecular weight is 386 g/mol. The highest BCUT2D eigenvalue weighted by atomic mass is 19.1. The fraction of sp³-hybridized carbons (Fsp3) is 0.368. The van der Waals surface area contributed by atoms with Crippen molar-refractivity contribution in [1.29, 1.82) is 0 Å².